The van der Waals surface area contributed by atoms with Crippen molar-refractivity contribution in [2.75, 3.05) is 11.9 Å². The van der Waals surface area contributed by atoms with Crippen LogP contribution in [0.3, 0.4) is 0 Å². The maximum atomic E-state index is 6.50. The van der Waals surface area contributed by atoms with Crippen molar-refractivity contribution in [3.63, 3.8) is 0 Å². The predicted molar refractivity (Wildman–Crippen MR) is 275 cm³/mol. The second kappa shape index (κ2) is 14.0. The van der Waals surface area contributed by atoms with E-state index in [1.54, 1.807) is 22.7 Å². The molecule has 0 aliphatic carbocycles. The summed E-state index contributed by atoms with van der Waals surface area (Å²) >= 11 is 5.32. The van der Waals surface area contributed by atoms with Crippen LogP contribution in [-0.2, 0) is 0 Å². The second-order valence-electron chi connectivity index (χ2n) is 16.6. The Bertz CT molecular complexity index is 4110. The lowest BCUT2D eigenvalue weighted by Gasteiger charge is -2.13. The molecule has 6 aromatic heterocycles. The van der Waals surface area contributed by atoms with E-state index in [4.69, 9.17) is 4.42 Å². The molecule has 7 heteroatoms. The number of nitrogens with zero attached hydrogens (tertiary/aromatic N) is 2. The average Bonchev–Trinajstić information content (AvgIpc) is 4.13. The van der Waals surface area contributed by atoms with Gasteiger partial charge in [0.15, 0.2) is 0 Å². The van der Waals surface area contributed by atoms with Gasteiger partial charge in [-0.05, 0) is 165 Å². The van der Waals surface area contributed by atoms with Gasteiger partial charge in [0, 0.05) is 76.3 Å². The molecule has 64 heavy (non-hydrogen) atoms. The average molecular weight is 872 g/mol. The van der Waals surface area contributed by atoms with Crippen molar-refractivity contribution in [2.24, 2.45) is 0 Å². The van der Waals surface area contributed by atoms with Crippen LogP contribution in [0.15, 0.2) is 181 Å². The highest BCUT2D eigenvalue weighted by atomic mass is 32.1. The van der Waals surface area contributed by atoms with E-state index >= 15 is 0 Å². The molecule has 7 aromatic carbocycles. The number of benzene rings is 7. The number of fused-ring (bicyclic) bond motifs is 12. The van der Waals surface area contributed by atoms with Crippen LogP contribution < -0.4 is 5.32 Å². The number of nitrogens with one attached hydrogen (secondary N) is 1. The van der Waals surface area contributed by atoms with Crippen molar-refractivity contribution in [3.05, 3.63) is 182 Å². The Morgan fingerprint density at radius 1 is 0.391 bits per heavy atom. The first-order valence-corrected chi connectivity index (χ1v) is 23.8. The lowest BCUT2D eigenvalue weighted by atomic mass is 9.91. The van der Waals surface area contributed by atoms with Crippen LogP contribution in [0, 0.1) is 0 Å². The molecule has 0 radical (unpaired) electrons. The Balaban J connectivity index is 0.915. The van der Waals surface area contributed by atoms with Gasteiger partial charge < -0.3 is 9.73 Å². The summed E-state index contributed by atoms with van der Waals surface area (Å²) in [6, 6.07) is 58.2. The highest BCUT2D eigenvalue weighted by Gasteiger charge is 2.17. The fourth-order valence-electron chi connectivity index (χ4n) is 9.64. The molecule has 0 saturated heterocycles. The van der Waals surface area contributed by atoms with Gasteiger partial charge in [-0.2, -0.15) is 0 Å². The van der Waals surface area contributed by atoms with Crippen molar-refractivity contribution < 1.29 is 4.42 Å². The molecular formula is C57H33N3OS3. The largest absolute Gasteiger partial charge is 0.456 e. The molecule has 0 saturated carbocycles. The third-order valence-corrected chi connectivity index (χ3v) is 16.2. The van der Waals surface area contributed by atoms with Gasteiger partial charge >= 0.3 is 0 Å². The van der Waals surface area contributed by atoms with Gasteiger partial charge in [0.2, 0.25) is 0 Å². The van der Waals surface area contributed by atoms with E-state index in [1.807, 2.05) is 35.9 Å². The minimum atomic E-state index is 0.876. The van der Waals surface area contributed by atoms with E-state index in [0.29, 0.717) is 0 Å². The van der Waals surface area contributed by atoms with E-state index in [1.165, 1.54) is 85.0 Å². The number of hydrogen-bond acceptors (Lipinski definition) is 7. The van der Waals surface area contributed by atoms with Crippen molar-refractivity contribution in [3.8, 4) is 55.6 Å². The van der Waals surface area contributed by atoms with Gasteiger partial charge in [-0.25, -0.2) is 9.97 Å². The van der Waals surface area contributed by atoms with E-state index in [-0.39, 0.29) is 0 Å². The molecule has 0 amide bonds. The fraction of sp³-hybridized carbons (Fsp3) is 0.0175. The van der Waals surface area contributed by atoms with Gasteiger partial charge in [-0.1, -0.05) is 60.7 Å². The van der Waals surface area contributed by atoms with Crippen LogP contribution in [0.4, 0.5) is 5.00 Å². The molecule has 0 unspecified atom stereocenters. The topological polar surface area (TPSA) is 51.0 Å². The van der Waals surface area contributed by atoms with Gasteiger partial charge in [0.1, 0.15) is 20.8 Å². The molecule has 4 nitrogen and oxygen atoms in total. The Morgan fingerprint density at radius 2 is 0.844 bits per heavy atom. The summed E-state index contributed by atoms with van der Waals surface area (Å²) in [4.78, 5) is 11.5. The number of pyridine rings is 2. The molecule has 0 spiro atoms. The molecule has 14 rings (SSSR count). The van der Waals surface area contributed by atoms with Crippen LogP contribution in [0.5, 0.6) is 0 Å². The van der Waals surface area contributed by atoms with Crippen molar-refractivity contribution in [1.82, 2.24) is 9.97 Å². The number of rotatable bonds is 5. The maximum absolute atomic E-state index is 6.50. The van der Waals surface area contributed by atoms with Crippen molar-refractivity contribution in [2.45, 2.75) is 0 Å². The summed E-state index contributed by atoms with van der Waals surface area (Å²) in [6.07, 6.45) is 8.21. The normalized spacial score (nSPS) is 12.7. The molecule has 0 atom stereocenters. The molecule has 7 heterocycles. The van der Waals surface area contributed by atoms with E-state index in [9.17, 15) is 0 Å². The number of furan rings is 1. The maximum Gasteiger partial charge on any atom is 0.135 e. The quantitative estimate of drug-likeness (QED) is 0.187. The summed E-state index contributed by atoms with van der Waals surface area (Å²) in [5.74, 6) is 0. The first-order chi connectivity index (χ1) is 31.6. The zero-order valence-electron chi connectivity index (χ0n) is 34.1. The number of hydrogen-bond donors (Lipinski definition) is 1. The molecule has 0 bridgehead atoms. The van der Waals surface area contributed by atoms with Gasteiger partial charge in [-0.3, -0.25) is 0 Å². The van der Waals surface area contributed by atoms with Gasteiger partial charge in [0.05, 0.1) is 5.00 Å². The fourth-order valence-corrected chi connectivity index (χ4v) is 12.8. The minimum absolute atomic E-state index is 0.876. The standard InChI is InChI=1S/C57H33N3OS3/c1-5-32(35-12-17-52-47(29-35)42-7-2-20-58-55(42)62-52)23-33(6-1)39-24-40(26-41(25-39)38-14-19-54-49(31-38)44-9-4-22-60-57(44)64-54)37-11-16-51-46(28-37)45-27-34(10-15-50(45)61-51)36-13-18-53-48(30-36)43-8-3-21-59-56(43)63-53/h1-20,22-31,59H,21H2. The van der Waals surface area contributed by atoms with Crippen LogP contribution in [0.25, 0.3) is 134 Å². The van der Waals surface area contributed by atoms with Crippen molar-refractivity contribution in [1.29, 1.82) is 0 Å². The lowest BCUT2D eigenvalue weighted by molar-refractivity contribution is 0.669. The smallest absolute Gasteiger partial charge is 0.135 e. The second-order valence-corrected chi connectivity index (χ2v) is 19.7. The Morgan fingerprint density at radius 3 is 1.42 bits per heavy atom. The summed E-state index contributed by atoms with van der Waals surface area (Å²) < 4.78 is 10.3. The lowest BCUT2D eigenvalue weighted by Crippen LogP contribution is -2.00. The van der Waals surface area contributed by atoms with E-state index < -0.39 is 0 Å². The molecule has 300 valence electrons. The number of thiophene rings is 3. The summed E-state index contributed by atoms with van der Waals surface area (Å²) in [6.45, 7) is 0.876. The van der Waals surface area contributed by atoms with Crippen molar-refractivity contribution >= 4 is 118 Å². The highest BCUT2D eigenvalue weighted by molar-refractivity contribution is 7.26. The highest BCUT2D eigenvalue weighted by Crippen LogP contribution is 2.43. The van der Waals surface area contributed by atoms with Gasteiger partial charge in [-0.15, -0.1) is 34.0 Å². The van der Waals surface area contributed by atoms with E-state index in [2.05, 4.69) is 173 Å². The van der Waals surface area contributed by atoms with Crippen LogP contribution in [-0.4, -0.2) is 16.5 Å². The zero-order valence-corrected chi connectivity index (χ0v) is 36.5. The predicted octanol–water partition coefficient (Wildman–Crippen LogP) is 17.1. The van der Waals surface area contributed by atoms with E-state index in [0.717, 1.165) is 60.4 Å². The summed E-state index contributed by atoms with van der Waals surface area (Å²) in [5, 5.41) is 13.2. The van der Waals surface area contributed by atoms with Gasteiger partial charge in [0.25, 0.3) is 0 Å². The monoisotopic (exact) mass is 871 g/mol. The van der Waals surface area contributed by atoms with Crippen LogP contribution in [0.1, 0.15) is 5.56 Å². The third-order valence-electron chi connectivity index (χ3n) is 12.8. The molecule has 1 N–H and O–H groups in total. The Labute approximate surface area is 379 Å². The zero-order chi connectivity index (χ0) is 41.9. The molecule has 0 fully saturated rings. The van der Waals surface area contributed by atoms with Crippen LogP contribution in [0.2, 0.25) is 0 Å². The summed E-state index contributed by atoms with van der Waals surface area (Å²) in [7, 11) is 0. The molecule has 13 aromatic rings. The molecular weight excluding hydrogens is 839 g/mol. The number of aromatic nitrogens is 2. The minimum Gasteiger partial charge on any atom is -0.456 e. The first-order valence-electron chi connectivity index (χ1n) is 21.4. The molecule has 1 aliphatic rings. The Kier molecular flexibility index (Phi) is 7.92. The molecule has 1 aliphatic heterocycles. The SMILES string of the molecule is C1=Cc2c(sc3ccc(-c4ccc5oc6ccc(-c7cc(-c8cccc(-c9ccc%10sc%11ncccc%11c%10c9)c8)cc(-c8ccc9sc%10ncccc%10c9c8)c7)cc6c5c4)cc23)NC1. The summed E-state index contributed by atoms with van der Waals surface area (Å²) in [5.41, 5.74) is 14.8. The first kappa shape index (κ1) is 36.1. The third kappa shape index (κ3) is 5.78. The number of anilines is 1. The Hall–Kier alpha value is -7.42. The van der Waals surface area contributed by atoms with Crippen LogP contribution >= 0.6 is 34.0 Å².